The van der Waals surface area contributed by atoms with Crippen molar-refractivity contribution in [1.29, 1.82) is 0 Å². The molecule has 6 heteroatoms. The van der Waals surface area contributed by atoms with Crippen LogP contribution in [0.4, 0.5) is 0 Å². The van der Waals surface area contributed by atoms with Crippen LogP contribution in [0.2, 0.25) is 0 Å². The van der Waals surface area contributed by atoms with E-state index in [0.29, 0.717) is 16.8 Å². The minimum atomic E-state index is 0.202. The molecule has 1 atom stereocenters. The summed E-state index contributed by atoms with van der Waals surface area (Å²) in [6, 6.07) is 0. The first-order valence-electron chi connectivity index (χ1n) is 5.51. The van der Waals surface area contributed by atoms with Crippen LogP contribution < -0.4 is 0 Å². The predicted molar refractivity (Wildman–Crippen MR) is 62.1 cm³/mol. The maximum Gasteiger partial charge on any atom is 0.233 e. The van der Waals surface area contributed by atoms with Crippen molar-refractivity contribution < 1.29 is 4.79 Å². The summed E-state index contributed by atoms with van der Waals surface area (Å²) in [5, 5.41) is 7.19. The van der Waals surface area contributed by atoms with E-state index in [1.54, 1.807) is 0 Å². The number of nitrogens with zero attached hydrogens (tertiary/aromatic N) is 3. The van der Waals surface area contributed by atoms with Crippen LogP contribution in [0.3, 0.4) is 0 Å². The number of nitrogens with one attached hydrogen (secondary N) is 1. The van der Waals surface area contributed by atoms with Gasteiger partial charge < -0.3 is 4.90 Å². The van der Waals surface area contributed by atoms with E-state index in [9.17, 15) is 4.79 Å². The molecule has 1 amide bonds. The zero-order valence-electron chi connectivity index (χ0n) is 9.35. The van der Waals surface area contributed by atoms with E-state index >= 15 is 0 Å². The van der Waals surface area contributed by atoms with Gasteiger partial charge in [-0.15, -0.1) is 0 Å². The van der Waals surface area contributed by atoms with Crippen molar-refractivity contribution >= 4 is 17.7 Å². The minimum absolute atomic E-state index is 0.202. The van der Waals surface area contributed by atoms with E-state index in [4.69, 9.17) is 0 Å². The molecule has 88 valence electrons. The minimum Gasteiger partial charge on any atom is -0.342 e. The van der Waals surface area contributed by atoms with Gasteiger partial charge in [-0.1, -0.05) is 18.7 Å². The summed E-state index contributed by atoms with van der Waals surface area (Å²) in [7, 11) is 0. The maximum atomic E-state index is 11.9. The van der Waals surface area contributed by atoms with E-state index in [0.717, 1.165) is 19.5 Å². The number of carbonyl (C=O) groups is 1. The molecule has 2 heterocycles. The molecule has 0 spiro atoms. The van der Waals surface area contributed by atoms with E-state index in [2.05, 4.69) is 22.1 Å². The van der Waals surface area contributed by atoms with Crippen molar-refractivity contribution in [1.82, 2.24) is 20.1 Å². The number of thioether (sulfide) groups is 1. The first-order chi connectivity index (χ1) is 7.75. The zero-order chi connectivity index (χ0) is 11.4. The van der Waals surface area contributed by atoms with Crippen LogP contribution in [0.1, 0.15) is 19.8 Å². The van der Waals surface area contributed by atoms with Crippen LogP contribution in [0.25, 0.3) is 0 Å². The standard InChI is InChI=1S/C10H16N4OS/c1-8-3-2-4-14(5-8)9(15)6-16-10-11-7-12-13-10/h7-8H,2-6H2,1H3,(H,11,12,13)/t8-/m1/s1. The van der Waals surface area contributed by atoms with Crippen LogP contribution >= 0.6 is 11.8 Å². The lowest BCUT2D eigenvalue weighted by Crippen LogP contribution is -2.40. The molecule has 0 aliphatic carbocycles. The number of likely N-dealkylation sites (tertiary alicyclic amines) is 1. The van der Waals surface area contributed by atoms with Gasteiger partial charge in [0, 0.05) is 13.1 Å². The predicted octanol–water partition coefficient (Wildman–Crippen LogP) is 1.16. The van der Waals surface area contributed by atoms with Crippen LogP contribution in [-0.2, 0) is 4.79 Å². The molecule has 0 saturated carbocycles. The van der Waals surface area contributed by atoms with Gasteiger partial charge in [-0.05, 0) is 18.8 Å². The average Bonchev–Trinajstić information content (AvgIpc) is 2.78. The summed E-state index contributed by atoms with van der Waals surface area (Å²) < 4.78 is 0. The van der Waals surface area contributed by atoms with Gasteiger partial charge in [0.25, 0.3) is 0 Å². The summed E-state index contributed by atoms with van der Waals surface area (Å²) in [6.45, 7) is 4.00. The number of aromatic nitrogens is 3. The molecule has 2 rings (SSSR count). The normalized spacial score (nSPS) is 21.1. The maximum absolute atomic E-state index is 11.9. The highest BCUT2D eigenvalue weighted by molar-refractivity contribution is 7.99. The van der Waals surface area contributed by atoms with Gasteiger partial charge in [0.15, 0.2) is 5.16 Å². The third-order valence-electron chi connectivity index (χ3n) is 2.74. The molecule has 1 aliphatic rings. The summed E-state index contributed by atoms with van der Waals surface area (Å²) in [5.74, 6) is 1.28. The van der Waals surface area contributed by atoms with Gasteiger partial charge in [-0.3, -0.25) is 9.89 Å². The lowest BCUT2D eigenvalue weighted by molar-refractivity contribution is -0.130. The summed E-state index contributed by atoms with van der Waals surface area (Å²) >= 11 is 1.41. The van der Waals surface area contributed by atoms with Gasteiger partial charge in [-0.2, -0.15) is 5.10 Å². The first-order valence-corrected chi connectivity index (χ1v) is 6.50. The summed E-state index contributed by atoms with van der Waals surface area (Å²) in [6.07, 6.45) is 3.81. The third kappa shape index (κ3) is 2.98. The second-order valence-electron chi connectivity index (χ2n) is 4.17. The van der Waals surface area contributed by atoms with Crippen LogP contribution in [-0.4, -0.2) is 44.8 Å². The Balaban J connectivity index is 1.79. The Kier molecular flexibility index (Phi) is 3.82. The second kappa shape index (κ2) is 5.34. The van der Waals surface area contributed by atoms with Gasteiger partial charge in [0.1, 0.15) is 6.33 Å². The highest BCUT2D eigenvalue weighted by Gasteiger charge is 2.20. The fraction of sp³-hybridized carbons (Fsp3) is 0.700. The molecule has 16 heavy (non-hydrogen) atoms. The Morgan fingerprint density at radius 2 is 2.62 bits per heavy atom. The van der Waals surface area contributed by atoms with Gasteiger partial charge in [0.2, 0.25) is 5.91 Å². The topological polar surface area (TPSA) is 61.9 Å². The smallest absolute Gasteiger partial charge is 0.233 e. The number of H-pyrrole nitrogens is 1. The Morgan fingerprint density at radius 1 is 1.75 bits per heavy atom. The van der Waals surface area contributed by atoms with Gasteiger partial charge in [0.05, 0.1) is 5.75 Å². The van der Waals surface area contributed by atoms with Crippen LogP contribution in [0, 0.1) is 5.92 Å². The molecule has 0 radical (unpaired) electrons. The molecule has 0 aromatic carbocycles. The van der Waals surface area contributed by atoms with Crippen molar-refractivity contribution in [3.63, 3.8) is 0 Å². The molecule has 1 N–H and O–H groups in total. The van der Waals surface area contributed by atoms with Crippen molar-refractivity contribution in [2.45, 2.75) is 24.9 Å². The quantitative estimate of drug-likeness (QED) is 0.805. The monoisotopic (exact) mass is 240 g/mol. The van der Waals surface area contributed by atoms with Crippen molar-refractivity contribution in [2.24, 2.45) is 5.92 Å². The van der Waals surface area contributed by atoms with Crippen LogP contribution in [0.15, 0.2) is 11.5 Å². The van der Waals surface area contributed by atoms with Crippen LogP contribution in [0.5, 0.6) is 0 Å². The average molecular weight is 240 g/mol. The van der Waals surface area contributed by atoms with Crippen molar-refractivity contribution in [3.8, 4) is 0 Å². The fourth-order valence-corrected chi connectivity index (χ4v) is 2.58. The lowest BCUT2D eigenvalue weighted by Gasteiger charge is -2.30. The van der Waals surface area contributed by atoms with E-state index in [1.807, 2.05) is 4.90 Å². The molecule has 1 saturated heterocycles. The van der Waals surface area contributed by atoms with E-state index in [1.165, 1.54) is 24.5 Å². The largest absolute Gasteiger partial charge is 0.342 e. The Hall–Kier alpha value is -1.04. The second-order valence-corrected chi connectivity index (χ2v) is 5.13. The highest BCUT2D eigenvalue weighted by atomic mass is 32.2. The molecule has 1 aromatic rings. The number of hydrogen-bond donors (Lipinski definition) is 1. The molecule has 1 fully saturated rings. The molecular formula is C10H16N4OS. The SMILES string of the molecule is C[C@@H]1CCCN(C(=O)CSc2ncn[nH]2)C1. The zero-order valence-corrected chi connectivity index (χ0v) is 10.2. The number of aromatic amines is 1. The molecule has 5 nitrogen and oxygen atoms in total. The first kappa shape index (κ1) is 11.4. The van der Waals surface area contributed by atoms with E-state index < -0.39 is 0 Å². The molecule has 1 aliphatic heterocycles. The number of hydrogen-bond acceptors (Lipinski definition) is 4. The Morgan fingerprint density at radius 3 is 3.31 bits per heavy atom. The highest BCUT2D eigenvalue weighted by Crippen LogP contribution is 2.18. The molecular weight excluding hydrogens is 224 g/mol. The van der Waals surface area contributed by atoms with Crippen molar-refractivity contribution in [3.05, 3.63) is 6.33 Å². The Labute approximate surface area is 99.0 Å². The molecule has 1 aromatic heterocycles. The Bertz CT molecular complexity index is 341. The number of carbonyl (C=O) groups excluding carboxylic acids is 1. The number of piperidine rings is 1. The lowest BCUT2D eigenvalue weighted by atomic mass is 10.0. The summed E-state index contributed by atoms with van der Waals surface area (Å²) in [5.41, 5.74) is 0. The summed E-state index contributed by atoms with van der Waals surface area (Å²) in [4.78, 5) is 17.8. The van der Waals surface area contributed by atoms with Gasteiger partial charge >= 0.3 is 0 Å². The molecule has 0 unspecified atom stereocenters. The van der Waals surface area contributed by atoms with E-state index in [-0.39, 0.29) is 5.91 Å². The van der Waals surface area contributed by atoms with Gasteiger partial charge in [-0.25, -0.2) is 4.98 Å². The fourth-order valence-electron chi connectivity index (χ4n) is 1.90. The third-order valence-corrected chi connectivity index (χ3v) is 3.60. The molecule has 0 bridgehead atoms. The number of amides is 1. The number of rotatable bonds is 3. The van der Waals surface area contributed by atoms with Crippen molar-refractivity contribution in [2.75, 3.05) is 18.8 Å².